The monoisotopic (exact) mass is 518 g/mol. The van der Waals surface area contributed by atoms with Gasteiger partial charge in [0.25, 0.3) is 0 Å². The molecule has 4 atom stereocenters. The Balaban J connectivity index is 1.71. The van der Waals surface area contributed by atoms with Gasteiger partial charge >= 0.3 is 11.9 Å². The van der Waals surface area contributed by atoms with Gasteiger partial charge in [-0.15, -0.1) is 0 Å². The van der Waals surface area contributed by atoms with Crippen molar-refractivity contribution >= 4 is 29.7 Å². The number of nitrogens with one attached hydrogen (secondary N) is 4. The van der Waals surface area contributed by atoms with Crippen LogP contribution in [-0.2, 0) is 36.8 Å². The third-order valence-electron chi connectivity index (χ3n) is 6.02. The van der Waals surface area contributed by atoms with Crippen LogP contribution in [-0.4, -0.2) is 95.4 Å². The largest absolute Gasteiger partial charge is 0.481 e. The van der Waals surface area contributed by atoms with E-state index in [4.69, 9.17) is 10.8 Å². The zero-order chi connectivity index (χ0) is 26.9. The maximum atomic E-state index is 13.5. The van der Waals surface area contributed by atoms with Gasteiger partial charge in [0, 0.05) is 49.6 Å². The number of rotatable bonds is 13. The van der Waals surface area contributed by atoms with Crippen LogP contribution in [0, 0.1) is 0 Å². The van der Waals surface area contributed by atoms with E-state index in [1.807, 2.05) is 0 Å². The number of carbonyl (C=O) groups is 5. The van der Waals surface area contributed by atoms with E-state index in [1.54, 1.807) is 0 Å². The fourth-order valence-corrected chi connectivity index (χ4v) is 4.12. The number of imidazole rings is 2. The topological polar surface area (TPSA) is 236 Å². The van der Waals surface area contributed by atoms with Crippen molar-refractivity contribution in [2.75, 3.05) is 6.54 Å². The van der Waals surface area contributed by atoms with E-state index in [1.165, 1.54) is 29.9 Å². The Hall–Kier alpha value is -4.27. The van der Waals surface area contributed by atoms with Crippen LogP contribution in [0.1, 0.15) is 37.1 Å². The first kappa shape index (κ1) is 27.3. The fraction of sp³-hybridized carbons (Fsp3) is 0.500. The molecule has 8 N–H and O–H groups in total. The van der Waals surface area contributed by atoms with Gasteiger partial charge in [-0.25, -0.2) is 14.8 Å². The van der Waals surface area contributed by atoms with Crippen molar-refractivity contribution in [2.24, 2.45) is 5.73 Å². The minimum absolute atomic E-state index is 0.0581. The Morgan fingerprint density at radius 3 is 2.24 bits per heavy atom. The Morgan fingerprint density at radius 2 is 1.68 bits per heavy atom. The van der Waals surface area contributed by atoms with Gasteiger partial charge < -0.3 is 41.4 Å². The number of likely N-dealkylation sites (tertiary alicyclic amines) is 1. The summed E-state index contributed by atoms with van der Waals surface area (Å²) in [5.41, 5.74) is 7.24. The molecule has 200 valence electrons. The number of aliphatic carboxylic acids is 2. The van der Waals surface area contributed by atoms with Crippen molar-refractivity contribution in [1.82, 2.24) is 35.5 Å². The molecule has 1 fully saturated rings. The van der Waals surface area contributed by atoms with E-state index in [9.17, 15) is 29.1 Å². The van der Waals surface area contributed by atoms with Crippen LogP contribution >= 0.6 is 0 Å². The summed E-state index contributed by atoms with van der Waals surface area (Å²) >= 11 is 0. The van der Waals surface area contributed by atoms with Crippen molar-refractivity contribution in [2.45, 2.75) is 62.7 Å². The number of aromatic nitrogens is 4. The first-order valence-electron chi connectivity index (χ1n) is 11.7. The van der Waals surface area contributed by atoms with Crippen molar-refractivity contribution < 1.29 is 34.2 Å². The number of H-pyrrole nitrogens is 2. The highest BCUT2D eigenvalue weighted by Crippen LogP contribution is 2.20. The lowest BCUT2D eigenvalue weighted by Gasteiger charge is -2.29. The minimum atomic E-state index is -1.41. The molecule has 2 aromatic heterocycles. The van der Waals surface area contributed by atoms with E-state index in [0.29, 0.717) is 17.8 Å². The van der Waals surface area contributed by atoms with Crippen molar-refractivity contribution in [3.63, 3.8) is 0 Å². The molecule has 15 nitrogen and oxygen atoms in total. The van der Waals surface area contributed by atoms with E-state index in [2.05, 4.69) is 30.6 Å². The Kier molecular flexibility index (Phi) is 9.32. The van der Waals surface area contributed by atoms with Crippen LogP contribution in [0.2, 0.25) is 0 Å². The van der Waals surface area contributed by atoms with Gasteiger partial charge in [0.2, 0.25) is 17.7 Å². The van der Waals surface area contributed by atoms with Crippen LogP contribution in [0.25, 0.3) is 0 Å². The van der Waals surface area contributed by atoms with Gasteiger partial charge in [0.15, 0.2) is 0 Å². The third-order valence-corrected chi connectivity index (χ3v) is 6.02. The van der Waals surface area contributed by atoms with E-state index in [0.717, 1.165) is 0 Å². The second-order valence-electron chi connectivity index (χ2n) is 8.75. The summed E-state index contributed by atoms with van der Waals surface area (Å²) in [5.74, 6) is -4.38. The minimum Gasteiger partial charge on any atom is -0.481 e. The molecule has 1 saturated heterocycles. The highest BCUT2D eigenvalue weighted by atomic mass is 16.4. The fourth-order valence-electron chi connectivity index (χ4n) is 4.12. The van der Waals surface area contributed by atoms with Crippen LogP contribution < -0.4 is 16.4 Å². The summed E-state index contributed by atoms with van der Waals surface area (Å²) in [7, 11) is 0. The predicted octanol–water partition coefficient (Wildman–Crippen LogP) is -1.84. The molecule has 0 aromatic carbocycles. The quantitative estimate of drug-likeness (QED) is 0.156. The average Bonchev–Trinajstić information content (AvgIpc) is 3.63. The van der Waals surface area contributed by atoms with Crippen LogP contribution in [0.15, 0.2) is 25.0 Å². The highest BCUT2D eigenvalue weighted by molar-refractivity contribution is 5.94. The Labute approximate surface area is 211 Å². The summed E-state index contributed by atoms with van der Waals surface area (Å²) in [6.45, 7) is 0.222. The summed E-state index contributed by atoms with van der Waals surface area (Å²) in [5, 5.41) is 23.2. The lowest BCUT2D eigenvalue weighted by Crippen LogP contribution is -2.57. The Bertz CT molecular complexity index is 1090. The summed E-state index contributed by atoms with van der Waals surface area (Å²) in [4.78, 5) is 76.5. The standard InChI is InChI=1S/C22H30N8O7/c23-14(6-12-8-24-10-26-12)19(33)29-16(7-13-9-25-11-27-13)21(35)30-5-1-2-17(30)20(34)28-15(22(36)37)3-4-18(31)32/h8-11,14-17H,1-7,23H2,(H,24,26)(H,25,27)(H,28,34)(H,29,33)(H,31,32)(H,36,37). The van der Waals surface area contributed by atoms with Crippen LogP contribution in [0.4, 0.5) is 0 Å². The first-order chi connectivity index (χ1) is 17.7. The molecule has 0 bridgehead atoms. The van der Waals surface area contributed by atoms with Crippen LogP contribution in [0.5, 0.6) is 0 Å². The van der Waals surface area contributed by atoms with Gasteiger partial charge in [-0.3, -0.25) is 19.2 Å². The summed E-state index contributed by atoms with van der Waals surface area (Å²) < 4.78 is 0. The van der Waals surface area contributed by atoms with Gasteiger partial charge in [0.1, 0.15) is 18.1 Å². The number of hydrogen-bond acceptors (Lipinski definition) is 8. The molecule has 3 heterocycles. The number of nitrogens with zero attached hydrogens (tertiary/aromatic N) is 3. The SMILES string of the molecule is NC(Cc1cnc[nH]1)C(=O)NC(Cc1cnc[nH]1)C(=O)N1CCCC1C(=O)NC(CCC(=O)O)C(=O)O. The van der Waals surface area contributed by atoms with Crippen molar-refractivity contribution in [3.8, 4) is 0 Å². The zero-order valence-electron chi connectivity index (χ0n) is 19.9. The molecule has 3 amide bonds. The molecule has 2 aromatic rings. The Morgan fingerprint density at radius 1 is 1.03 bits per heavy atom. The molecule has 0 aliphatic carbocycles. The average molecular weight is 519 g/mol. The molecule has 0 radical (unpaired) electrons. The molecule has 3 rings (SSSR count). The zero-order valence-corrected chi connectivity index (χ0v) is 19.9. The molecular formula is C22H30N8O7. The van der Waals surface area contributed by atoms with Gasteiger partial charge in [-0.05, 0) is 19.3 Å². The molecule has 15 heteroatoms. The van der Waals surface area contributed by atoms with E-state index >= 15 is 0 Å². The molecule has 0 spiro atoms. The van der Waals surface area contributed by atoms with Crippen LogP contribution in [0.3, 0.4) is 0 Å². The lowest BCUT2D eigenvalue weighted by atomic mass is 10.1. The second-order valence-corrected chi connectivity index (χ2v) is 8.75. The normalized spacial score (nSPS) is 17.5. The molecule has 1 aliphatic heterocycles. The lowest BCUT2D eigenvalue weighted by molar-refractivity contribution is -0.145. The van der Waals surface area contributed by atoms with Crippen molar-refractivity contribution in [3.05, 3.63) is 36.4 Å². The molecule has 1 aliphatic rings. The number of aromatic amines is 2. The highest BCUT2D eigenvalue weighted by Gasteiger charge is 2.39. The second kappa shape index (κ2) is 12.6. The number of nitrogens with two attached hydrogens (primary N) is 1. The van der Waals surface area contributed by atoms with E-state index in [-0.39, 0.29) is 32.2 Å². The molecule has 4 unspecified atom stereocenters. The molecule has 37 heavy (non-hydrogen) atoms. The van der Waals surface area contributed by atoms with Gasteiger partial charge in [-0.1, -0.05) is 0 Å². The number of carbonyl (C=O) groups excluding carboxylic acids is 3. The first-order valence-corrected chi connectivity index (χ1v) is 11.7. The van der Waals surface area contributed by atoms with Gasteiger partial charge in [0.05, 0.1) is 18.7 Å². The third kappa shape index (κ3) is 7.60. The number of amides is 3. The molecule has 0 saturated carbocycles. The number of carboxylic acids is 2. The summed E-state index contributed by atoms with van der Waals surface area (Å²) in [6, 6.07) is -4.43. The predicted molar refractivity (Wildman–Crippen MR) is 126 cm³/mol. The van der Waals surface area contributed by atoms with E-state index < -0.39 is 60.2 Å². The maximum Gasteiger partial charge on any atom is 0.326 e. The maximum absolute atomic E-state index is 13.5. The molecular weight excluding hydrogens is 488 g/mol. The van der Waals surface area contributed by atoms with Gasteiger partial charge in [-0.2, -0.15) is 0 Å². The summed E-state index contributed by atoms with van der Waals surface area (Å²) in [6.07, 6.45) is 6.18. The number of hydrogen-bond donors (Lipinski definition) is 7. The van der Waals surface area contributed by atoms with Crippen molar-refractivity contribution in [1.29, 1.82) is 0 Å². The smallest absolute Gasteiger partial charge is 0.326 e. The number of carboxylic acid groups (broad SMARTS) is 2.